The fourth-order valence-corrected chi connectivity index (χ4v) is 3.93. The number of hydrogen-bond acceptors (Lipinski definition) is 4. The minimum atomic E-state index is -4.35. The predicted molar refractivity (Wildman–Crippen MR) is 122 cm³/mol. The van der Waals surface area contributed by atoms with Crippen LogP contribution in [0.2, 0.25) is 0 Å². The number of nitrogens with one attached hydrogen (secondary N) is 2. The molecule has 0 atom stereocenters. The molecule has 0 bridgehead atoms. The molecule has 0 aliphatic rings. The Hall–Kier alpha value is -3.62. The number of rotatable bonds is 6. The minimum Gasteiger partial charge on any atom is -0.494 e. The van der Waals surface area contributed by atoms with Crippen molar-refractivity contribution in [2.45, 2.75) is 6.92 Å². The first-order valence-corrected chi connectivity index (χ1v) is 11.0. The molecule has 0 radical (unpaired) electrons. The van der Waals surface area contributed by atoms with Crippen molar-refractivity contribution in [1.82, 2.24) is 0 Å². The molecule has 1 amide bonds. The van der Waals surface area contributed by atoms with Crippen molar-refractivity contribution in [2.75, 3.05) is 16.6 Å². The molecule has 0 fully saturated rings. The molecule has 7 nitrogen and oxygen atoms in total. The number of carbonyl (C=O) groups is 1. The number of amides is 1. The van der Waals surface area contributed by atoms with Crippen LogP contribution in [0.15, 0.2) is 72.8 Å². The Morgan fingerprint density at radius 3 is 2.26 bits per heavy atom. The van der Waals surface area contributed by atoms with Crippen LogP contribution in [0.4, 0.5) is 11.4 Å². The van der Waals surface area contributed by atoms with Gasteiger partial charge in [-0.2, -0.15) is 8.42 Å². The SMILES string of the molecule is CCOc1ccc2cc(C(=O)Nc3ccc(NS(=O)(=O)O)cc3)c3ccccc3c2c1. The summed E-state index contributed by atoms with van der Waals surface area (Å²) in [5.41, 5.74) is 1.19. The van der Waals surface area contributed by atoms with Crippen molar-refractivity contribution < 1.29 is 22.5 Å². The zero-order valence-corrected chi connectivity index (χ0v) is 17.4. The van der Waals surface area contributed by atoms with E-state index in [0.29, 0.717) is 17.9 Å². The molecule has 0 aliphatic heterocycles. The third-order valence-electron chi connectivity index (χ3n) is 4.78. The fourth-order valence-electron chi connectivity index (χ4n) is 3.49. The maximum Gasteiger partial charge on any atom is 0.357 e. The van der Waals surface area contributed by atoms with Crippen LogP contribution in [-0.4, -0.2) is 25.5 Å². The van der Waals surface area contributed by atoms with Gasteiger partial charge in [0.15, 0.2) is 0 Å². The largest absolute Gasteiger partial charge is 0.494 e. The topological polar surface area (TPSA) is 105 Å². The molecule has 158 valence electrons. The molecule has 0 aliphatic carbocycles. The highest BCUT2D eigenvalue weighted by molar-refractivity contribution is 7.87. The molecular formula is C23H20N2O5S. The summed E-state index contributed by atoms with van der Waals surface area (Å²) in [4.78, 5) is 13.1. The van der Waals surface area contributed by atoms with Gasteiger partial charge in [-0.3, -0.25) is 14.1 Å². The highest BCUT2D eigenvalue weighted by atomic mass is 32.2. The van der Waals surface area contributed by atoms with Gasteiger partial charge in [-0.1, -0.05) is 30.3 Å². The molecule has 8 heteroatoms. The summed E-state index contributed by atoms with van der Waals surface area (Å²) >= 11 is 0. The molecule has 31 heavy (non-hydrogen) atoms. The first kappa shape index (κ1) is 20.6. The predicted octanol–water partition coefficient (Wildman–Crippen LogP) is 4.86. The van der Waals surface area contributed by atoms with E-state index in [1.165, 1.54) is 12.1 Å². The lowest BCUT2D eigenvalue weighted by atomic mass is 9.96. The smallest absolute Gasteiger partial charge is 0.357 e. The molecular weight excluding hydrogens is 416 g/mol. The van der Waals surface area contributed by atoms with Crippen molar-refractivity contribution in [1.29, 1.82) is 0 Å². The van der Waals surface area contributed by atoms with Gasteiger partial charge in [0.25, 0.3) is 5.91 Å². The molecule has 0 spiro atoms. The van der Waals surface area contributed by atoms with E-state index in [1.807, 2.05) is 60.2 Å². The standard InChI is InChI=1S/C23H20N2O5S/c1-2-30-18-12-7-15-13-22(20-6-4-3-5-19(20)21(15)14-18)23(26)24-16-8-10-17(11-9-16)25-31(27,28)29/h3-14,25H,2H2,1H3,(H,24,26)(H,27,28,29). The van der Waals surface area contributed by atoms with E-state index >= 15 is 0 Å². The van der Waals surface area contributed by atoms with Gasteiger partial charge < -0.3 is 10.1 Å². The normalized spacial score (nSPS) is 11.4. The van der Waals surface area contributed by atoms with E-state index in [-0.39, 0.29) is 11.6 Å². The van der Waals surface area contributed by atoms with Crippen LogP contribution in [0.3, 0.4) is 0 Å². The minimum absolute atomic E-state index is 0.182. The van der Waals surface area contributed by atoms with Gasteiger partial charge in [0.2, 0.25) is 0 Å². The first-order valence-electron chi connectivity index (χ1n) is 9.59. The molecule has 0 saturated heterocycles. The van der Waals surface area contributed by atoms with Gasteiger partial charge in [-0.25, -0.2) is 0 Å². The van der Waals surface area contributed by atoms with Crippen LogP contribution in [0.1, 0.15) is 17.3 Å². The zero-order chi connectivity index (χ0) is 22.0. The van der Waals surface area contributed by atoms with E-state index in [4.69, 9.17) is 9.29 Å². The van der Waals surface area contributed by atoms with Crippen LogP contribution < -0.4 is 14.8 Å². The van der Waals surface area contributed by atoms with E-state index < -0.39 is 10.3 Å². The Bertz CT molecular complexity index is 1380. The highest BCUT2D eigenvalue weighted by Gasteiger charge is 2.14. The van der Waals surface area contributed by atoms with Gasteiger partial charge in [-0.15, -0.1) is 0 Å². The summed E-state index contributed by atoms with van der Waals surface area (Å²) in [5.74, 6) is 0.485. The summed E-state index contributed by atoms with van der Waals surface area (Å²) in [6, 6.07) is 21.3. The van der Waals surface area contributed by atoms with Gasteiger partial charge in [-0.05, 0) is 70.9 Å². The molecule has 0 aromatic heterocycles. The van der Waals surface area contributed by atoms with Gasteiger partial charge in [0.1, 0.15) is 5.75 Å². The Balaban J connectivity index is 1.70. The monoisotopic (exact) mass is 436 g/mol. The lowest BCUT2D eigenvalue weighted by molar-refractivity contribution is 0.102. The molecule has 4 aromatic carbocycles. The third kappa shape index (κ3) is 4.60. The number of benzene rings is 4. The van der Waals surface area contributed by atoms with Crippen molar-refractivity contribution in [3.8, 4) is 5.75 Å². The Labute approximate surface area is 179 Å². The quantitative estimate of drug-likeness (QED) is 0.296. The summed E-state index contributed by atoms with van der Waals surface area (Å²) in [5, 5.41) is 6.50. The molecule has 4 rings (SSSR count). The summed E-state index contributed by atoms with van der Waals surface area (Å²) in [6.45, 7) is 2.50. The molecule has 0 saturated carbocycles. The van der Waals surface area contributed by atoms with Crippen molar-refractivity contribution >= 4 is 49.1 Å². The molecule has 4 aromatic rings. The van der Waals surface area contributed by atoms with Crippen LogP contribution in [0, 0.1) is 0 Å². The number of carbonyl (C=O) groups excluding carboxylic acids is 1. The zero-order valence-electron chi connectivity index (χ0n) is 16.6. The third-order valence-corrected chi connectivity index (χ3v) is 5.27. The fraction of sp³-hybridized carbons (Fsp3) is 0.0870. The number of hydrogen-bond donors (Lipinski definition) is 3. The lowest BCUT2D eigenvalue weighted by Gasteiger charge is -2.13. The van der Waals surface area contributed by atoms with Gasteiger partial charge in [0, 0.05) is 11.3 Å². The van der Waals surface area contributed by atoms with Gasteiger partial charge in [0.05, 0.1) is 12.3 Å². The molecule has 0 unspecified atom stereocenters. The van der Waals surface area contributed by atoms with Crippen LogP contribution >= 0.6 is 0 Å². The average Bonchev–Trinajstić information content (AvgIpc) is 2.74. The number of ether oxygens (including phenoxy) is 1. The summed E-state index contributed by atoms with van der Waals surface area (Å²) in [7, 11) is -4.35. The van der Waals surface area contributed by atoms with Crippen LogP contribution in [-0.2, 0) is 10.3 Å². The molecule has 0 heterocycles. The number of anilines is 2. The average molecular weight is 436 g/mol. The second-order valence-electron chi connectivity index (χ2n) is 6.89. The maximum atomic E-state index is 13.1. The highest BCUT2D eigenvalue weighted by Crippen LogP contribution is 2.32. The Kier molecular flexibility index (Phi) is 5.50. The van der Waals surface area contributed by atoms with E-state index in [2.05, 4.69) is 5.32 Å². The second kappa shape index (κ2) is 8.25. The Morgan fingerprint density at radius 1 is 0.903 bits per heavy atom. The van der Waals surface area contributed by atoms with Crippen molar-refractivity contribution in [3.63, 3.8) is 0 Å². The Morgan fingerprint density at radius 2 is 1.58 bits per heavy atom. The number of fused-ring (bicyclic) bond motifs is 3. The first-order chi connectivity index (χ1) is 14.8. The van der Waals surface area contributed by atoms with Gasteiger partial charge >= 0.3 is 10.3 Å². The summed E-state index contributed by atoms with van der Waals surface area (Å²) < 4.78 is 38.2. The lowest BCUT2D eigenvalue weighted by Crippen LogP contribution is -2.13. The maximum absolute atomic E-state index is 13.1. The van der Waals surface area contributed by atoms with Crippen LogP contribution in [0.25, 0.3) is 21.5 Å². The van der Waals surface area contributed by atoms with Crippen molar-refractivity contribution in [2.24, 2.45) is 0 Å². The summed E-state index contributed by atoms with van der Waals surface area (Å²) in [6.07, 6.45) is 0. The van der Waals surface area contributed by atoms with Crippen molar-refractivity contribution in [3.05, 3.63) is 78.4 Å². The van der Waals surface area contributed by atoms with E-state index in [1.54, 1.807) is 12.1 Å². The van der Waals surface area contributed by atoms with E-state index in [0.717, 1.165) is 27.3 Å². The van der Waals surface area contributed by atoms with E-state index in [9.17, 15) is 13.2 Å². The van der Waals surface area contributed by atoms with Crippen LogP contribution in [0.5, 0.6) is 5.75 Å². The second-order valence-corrected chi connectivity index (χ2v) is 8.05. The molecule has 3 N–H and O–H groups in total.